The zero-order valence-electron chi connectivity index (χ0n) is 19.5. The Bertz CT molecular complexity index is 1030. The lowest BCUT2D eigenvalue weighted by Crippen LogP contribution is -2.63. The zero-order chi connectivity index (χ0) is 26.2. The highest BCUT2D eigenvalue weighted by atomic mass is 19.4. The third-order valence-corrected chi connectivity index (χ3v) is 5.63. The summed E-state index contributed by atoms with van der Waals surface area (Å²) < 4.78 is 44.5. The summed E-state index contributed by atoms with van der Waals surface area (Å²) in [5.74, 6) is -3.99. The molecule has 190 valence electrons. The van der Waals surface area contributed by atoms with Gasteiger partial charge < -0.3 is 20.9 Å². The molecule has 0 aliphatic heterocycles. The Balaban J connectivity index is 2.36. The number of amides is 2. The fraction of sp³-hybridized carbons (Fsp3) is 0.400. The number of alkyl carbamates (subject to hydrolysis) is 1. The van der Waals surface area contributed by atoms with E-state index >= 15 is 0 Å². The molecule has 0 heterocycles. The molecule has 0 fully saturated rings. The first-order chi connectivity index (χ1) is 16.3. The predicted octanol–water partition coefficient (Wildman–Crippen LogP) is 4.54. The molecule has 2 aromatic carbocycles. The molecule has 2 rings (SSSR count). The van der Waals surface area contributed by atoms with Gasteiger partial charge in [-0.3, -0.25) is 4.79 Å². The van der Waals surface area contributed by atoms with E-state index in [4.69, 9.17) is 10.5 Å². The number of carboxylic acids is 1. The van der Waals surface area contributed by atoms with E-state index in [0.717, 1.165) is 12.1 Å². The molecular weight excluding hydrogens is 465 g/mol. The second kappa shape index (κ2) is 11.7. The summed E-state index contributed by atoms with van der Waals surface area (Å²) in [7, 11) is 0. The molecule has 0 saturated heterocycles. The summed E-state index contributed by atoms with van der Waals surface area (Å²) in [6.07, 6.45) is -6.19. The van der Waals surface area contributed by atoms with E-state index in [2.05, 4.69) is 5.32 Å². The Labute approximate surface area is 201 Å². The van der Waals surface area contributed by atoms with E-state index < -0.39 is 41.2 Å². The number of alkyl halides is 3. The maximum atomic E-state index is 13.1. The smallest absolute Gasteiger partial charge is 0.416 e. The number of nitrogens with one attached hydrogen (secondary N) is 1. The molecule has 35 heavy (non-hydrogen) atoms. The van der Waals surface area contributed by atoms with Gasteiger partial charge in [-0.1, -0.05) is 62.4 Å². The van der Waals surface area contributed by atoms with Gasteiger partial charge in [0.1, 0.15) is 6.61 Å². The van der Waals surface area contributed by atoms with Crippen LogP contribution < -0.4 is 11.1 Å². The van der Waals surface area contributed by atoms with E-state index in [9.17, 15) is 32.7 Å². The number of carbonyl (C=O) groups excluding carboxylic acids is 2. The first-order valence-electron chi connectivity index (χ1n) is 11.0. The highest BCUT2D eigenvalue weighted by molar-refractivity contribution is 5.92. The lowest BCUT2D eigenvalue weighted by molar-refractivity contribution is -0.151. The highest BCUT2D eigenvalue weighted by Crippen LogP contribution is 2.33. The number of ether oxygens (including phenoxy) is 1. The normalized spacial score (nSPS) is 14.1. The molecular formula is C25H29F3N2O5. The topological polar surface area (TPSA) is 119 Å². The van der Waals surface area contributed by atoms with Crippen LogP contribution in [0.2, 0.25) is 0 Å². The van der Waals surface area contributed by atoms with Crippen molar-refractivity contribution in [2.45, 2.75) is 51.4 Å². The summed E-state index contributed by atoms with van der Waals surface area (Å²) in [5.41, 5.74) is 3.32. The molecule has 10 heteroatoms. The van der Waals surface area contributed by atoms with Gasteiger partial charge in [-0.05, 0) is 42.4 Å². The van der Waals surface area contributed by atoms with Gasteiger partial charge in [0.2, 0.25) is 5.91 Å². The lowest BCUT2D eigenvalue weighted by Gasteiger charge is -2.37. The maximum absolute atomic E-state index is 13.1. The van der Waals surface area contributed by atoms with E-state index in [1.807, 2.05) is 0 Å². The van der Waals surface area contributed by atoms with Crippen molar-refractivity contribution in [1.82, 2.24) is 5.32 Å². The van der Waals surface area contributed by atoms with Crippen molar-refractivity contribution in [3.05, 3.63) is 71.3 Å². The number of carbonyl (C=O) groups is 3. The molecule has 0 radical (unpaired) electrons. The minimum atomic E-state index is -4.58. The van der Waals surface area contributed by atoms with Crippen molar-refractivity contribution < 1.29 is 37.4 Å². The van der Waals surface area contributed by atoms with Gasteiger partial charge in [0.25, 0.3) is 0 Å². The first-order valence-corrected chi connectivity index (χ1v) is 11.0. The van der Waals surface area contributed by atoms with Gasteiger partial charge >= 0.3 is 18.2 Å². The van der Waals surface area contributed by atoms with E-state index in [0.29, 0.717) is 5.56 Å². The number of nitrogens with two attached hydrogens (primary N) is 1. The van der Waals surface area contributed by atoms with Gasteiger partial charge in [-0.25, -0.2) is 9.59 Å². The molecule has 0 spiro atoms. The van der Waals surface area contributed by atoms with Gasteiger partial charge in [-0.2, -0.15) is 13.2 Å². The van der Waals surface area contributed by atoms with Gasteiger partial charge in [0.15, 0.2) is 5.54 Å². The van der Waals surface area contributed by atoms with E-state index in [1.54, 1.807) is 44.2 Å². The number of hydrogen-bond acceptors (Lipinski definition) is 4. The standard InChI is InChI=1S/C25H29F3N2O5/c1-16(2)13-20(21(29)31)24(22(32)33,30-23(34)35-15-18-7-4-3-5-8-18)12-11-17-9-6-10-19(14-17)25(26,27)28/h3-10,14,16,20H,11-13,15H2,1-2H3,(H2,29,31)(H,30,34)(H,32,33)/t20-,24+/m0/s1. The number of hydrogen-bond donors (Lipinski definition) is 3. The number of aryl methyl sites for hydroxylation is 1. The van der Waals surface area contributed by atoms with Crippen LogP contribution in [0, 0.1) is 11.8 Å². The number of carboxylic acid groups (broad SMARTS) is 1. The largest absolute Gasteiger partial charge is 0.479 e. The Hall–Kier alpha value is -3.56. The third kappa shape index (κ3) is 7.73. The number of rotatable bonds is 11. The molecule has 0 bridgehead atoms. The number of halogens is 3. The van der Waals surface area contributed by atoms with Crippen LogP contribution in [-0.4, -0.2) is 28.6 Å². The van der Waals surface area contributed by atoms with Crippen LogP contribution in [0.25, 0.3) is 0 Å². The number of benzene rings is 2. The average molecular weight is 495 g/mol. The Kier molecular flexibility index (Phi) is 9.27. The van der Waals surface area contributed by atoms with Crippen LogP contribution in [0.5, 0.6) is 0 Å². The summed E-state index contributed by atoms with van der Waals surface area (Å²) in [4.78, 5) is 37.6. The van der Waals surface area contributed by atoms with E-state index in [-0.39, 0.29) is 37.4 Å². The SMILES string of the molecule is CC(C)C[C@@H](C(N)=O)[C@@](CCc1cccc(C(F)(F)F)c1)(NC(=O)OCc1ccccc1)C(=O)O. The monoisotopic (exact) mass is 494 g/mol. The minimum absolute atomic E-state index is 0.0309. The molecule has 2 aromatic rings. The van der Waals surface area contributed by atoms with E-state index in [1.165, 1.54) is 12.1 Å². The summed E-state index contributed by atoms with van der Waals surface area (Å²) in [6.45, 7) is 3.35. The number of aliphatic carboxylic acids is 1. The Morgan fingerprint density at radius 1 is 1.03 bits per heavy atom. The highest BCUT2D eigenvalue weighted by Gasteiger charge is 2.50. The lowest BCUT2D eigenvalue weighted by atomic mass is 9.74. The Morgan fingerprint density at radius 3 is 2.20 bits per heavy atom. The summed E-state index contributed by atoms with van der Waals surface area (Å²) in [6, 6.07) is 13.1. The molecule has 0 saturated carbocycles. The zero-order valence-corrected chi connectivity index (χ0v) is 19.5. The molecule has 2 atom stereocenters. The average Bonchev–Trinajstić information content (AvgIpc) is 2.79. The Morgan fingerprint density at radius 2 is 1.66 bits per heavy atom. The van der Waals surface area contributed by atoms with Crippen molar-refractivity contribution in [2.24, 2.45) is 17.6 Å². The summed E-state index contributed by atoms with van der Waals surface area (Å²) in [5, 5.41) is 12.5. The molecule has 0 aromatic heterocycles. The predicted molar refractivity (Wildman–Crippen MR) is 122 cm³/mol. The van der Waals surface area contributed by atoms with Crippen LogP contribution in [0.1, 0.15) is 43.4 Å². The van der Waals surface area contributed by atoms with Crippen LogP contribution in [0.3, 0.4) is 0 Å². The van der Waals surface area contributed by atoms with Crippen molar-refractivity contribution in [3.8, 4) is 0 Å². The quantitative estimate of drug-likeness (QED) is 0.424. The van der Waals surface area contributed by atoms with Crippen LogP contribution in [0.15, 0.2) is 54.6 Å². The number of primary amides is 1. The minimum Gasteiger partial charge on any atom is -0.479 e. The first kappa shape index (κ1) is 27.7. The molecule has 7 nitrogen and oxygen atoms in total. The van der Waals surface area contributed by atoms with Crippen molar-refractivity contribution in [1.29, 1.82) is 0 Å². The summed E-state index contributed by atoms with van der Waals surface area (Å²) >= 11 is 0. The van der Waals surface area contributed by atoms with Crippen molar-refractivity contribution in [3.63, 3.8) is 0 Å². The van der Waals surface area contributed by atoms with Crippen molar-refractivity contribution in [2.75, 3.05) is 0 Å². The fourth-order valence-electron chi connectivity index (χ4n) is 3.85. The van der Waals surface area contributed by atoms with Crippen molar-refractivity contribution >= 4 is 18.0 Å². The van der Waals surface area contributed by atoms with Crippen LogP contribution >= 0.6 is 0 Å². The van der Waals surface area contributed by atoms with Gasteiger partial charge in [0, 0.05) is 0 Å². The van der Waals surface area contributed by atoms with Gasteiger partial charge in [0.05, 0.1) is 11.5 Å². The van der Waals surface area contributed by atoms with Crippen LogP contribution in [0.4, 0.5) is 18.0 Å². The third-order valence-electron chi connectivity index (χ3n) is 5.63. The fourth-order valence-corrected chi connectivity index (χ4v) is 3.85. The molecule has 4 N–H and O–H groups in total. The molecule has 2 amide bonds. The van der Waals surface area contributed by atoms with Gasteiger partial charge in [-0.15, -0.1) is 0 Å². The maximum Gasteiger partial charge on any atom is 0.416 e. The molecule has 0 aliphatic rings. The second-order valence-electron chi connectivity index (χ2n) is 8.75. The second-order valence-corrected chi connectivity index (χ2v) is 8.75. The molecule has 0 aliphatic carbocycles. The van der Waals surface area contributed by atoms with Crippen LogP contribution in [-0.2, 0) is 33.5 Å². The molecule has 0 unspecified atom stereocenters.